The fourth-order valence-electron chi connectivity index (χ4n) is 2.63. The first kappa shape index (κ1) is 12.9. The van der Waals surface area contributed by atoms with Crippen molar-refractivity contribution >= 4 is 22.1 Å². The van der Waals surface area contributed by atoms with Crippen molar-refractivity contribution in [1.29, 1.82) is 0 Å². The minimum absolute atomic E-state index is 0.216. The van der Waals surface area contributed by atoms with E-state index in [9.17, 15) is 0 Å². The monoisotopic (exact) mass is 278 g/mol. The molecule has 2 N–H and O–H groups in total. The van der Waals surface area contributed by atoms with Crippen LogP contribution in [0.25, 0.3) is 4.96 Å². The first-order chi connectivity index (χ1) is 9.20. The fraction of sp³-hybridized carbons (Fsp3) is 0.643. The third kappa shape index (κ3) is 2.25. The number of nitrogens with zero attached hydrogens (tertiary/aromatic N) is 3. The smallest absolute Gasteiger partial charge is 0.195 e. The largest absolute Gasteiger partial charge is 0.355 e. The zero-order chi connectivity index (χ0) is 13.4. The van der Waals surface area contributed by atoms with Crippen LogP contribution >= 0.6 is 11.3 Å². The normalized spacial score (nSPS) is 17.6. The Hall–Kier alpha value is -1.07. The Morgan fingerprint density at radius 2 is 2.37 bits per heavy atom. The van der Waals surface area contributed by atoms with Crippen molar-refractivity contribution in [2.24, 2.45) is 5.73 Å². The van der Waals surface area contributed by atoms with E-state index < -0.39 is 0 Å². The number of aromatic nitrogens is 2. The number of thiazole rings is 1. The molecule has 1 saturated carbocycles. The van der Waals surface area contributed by atoms with Gasteiger partial charge in [0.2, 0.25) is 0 Å². The van der Waals surface area contributed by atoms with E-state index >= 15 is 0 Å². The highest BCUT2D eigenvalue weighted by molar-refractivity contribution is 7.15. The van der Waals surface area contributed by atoms with Crippen LogP contribution in [0.3, 0.4) is 0 Å². The number of fused-ring (bicyclic) bond motifs is 1. The van der Waals surface area contributed by atoms with Gasteiger partial charge >= 0.3 is 0 Å². The van der Waals surface area contributed by atoms with E-state index in [1.807, 2.05) is 0 Å². The zero-order valence-corrected chi connectivity index (χ0v) is 12.5. The molecule has 1 aliphatic carbocycles. The average Bonchev–Trinajstić information content (AvgIpc) is 2.89. The molecule has 0 saturated heterocycles. The van der Waals surface area contributed by atoms with E-state index in [0.29, 0.717) is 6.04 Å². The number of anilines is 1. The molecule has 0 aromatic carbocycles. The highest BCUT2D eigenvalue weighted by atomic mass is 32.1. The van der Waals surface area contributed by atoms with Crippen molar-refractivity contribution < 1.29 is 0 Å². The Labute approximate surface area is 118 Å². The lowest BCUT2D eigenvalue weighted by Gasteiger charge is -2.35. The number of rotatable bonds is 5. The first-order valence-electron chi connectivity index (χ1n) is 7.13. The molecule has 1 fully saturated rings. The maximum Gasteiger partial charge on any atom is 0.195 e. The number of nitrogens with two attached hydrogens (primary N) is 1. The van der Waals surface area contributed by atoms with Crippen molar-refractivity contribution in [3.63, 3.8) is 0 Å². The van der Waals surface area contributed by atoms with Gasteiger partial charge in [-0.15, -0.1) is 11.3 Å². The minimum atomic E-state index is 0.216. The van der Waals surface area contributed by atoms with Gasteiger partial charge in [-0.05, 0) is 25.7 Å². The summed E-state index contributed by atoms with van der Waals surface area (Å²) in [4.78, 5) is 8.26. The van der Waals surface area contributed by atoms with Crippen LogP contribution in [0.15, 0.2) is 11.6 Å². The quantitative estimate of drug-likeness (QED) is 0.914. The number of imidazole rings is 1. The molecule has 0 bridgehead atoms. The van der Waals surface area contributed by atoms with Crippen LogP contribution in [0.4, 0.5) is 5.82 Å². The molecule has 1 unspecified atom stereocenters. The molecule has 2 aromatic heterocycles. The molecule has 3 rings (SSSR count). The zero-order valence-electron chi connectivity index (χ0n) is 11.7. The summed E-state index contributed by atoms with van der Waals surface area (Å²) in [6.45, 7) is 2.14. The summed E-state index contributed by atoms with van der Waals surface area (Å²) in [6, 6.07) is 0.884. The van der Waals surface area contributed by atoms with Crippen molar-refractivity contribution in [3.8, 4) is 0 Å². The Balaban J connectivity index is 1.96. The van der Waals surface area contributed by atoms with Gasteiger partial charge in [0.1, 0.15) is 0 Å². The Bertz CT molecular complexity index is 555. The molecule has 0 amide bonds. The van der Waals surface area contributed by atoms with Gasteiger partial charge < -0.3 is 10.6 Å². The van der Waals surface area contributed by atoms with E-state index in [1.165, 1.54) is 25.0 Å². The maximum absolute atomic E-state index is 6.16. The third-order valence-corrected chi connectivity index (χ3v) is 5.03. The molecule has 4 nitrogen and oxygen atoms in total. The van der Waals surface area contributed by atoms with Crippen LogP contribution < -0.4 is 10.6 Å². The standard InChI is InChI=1S/C14H22N4S/c1-3-10(15)9-12-13(17(2)11-5-4-6-11)16-14-18(12)7-8-19-14/h7-8,10-11H,3-6,9,15H2,1-2H3. The Morgan fingerprint density at radius 1 is 1.58 bits per heavy atom. The minimum Gasteiger partial charge on any atom is -0.355 e. The molecular formula is C14H22N4S. The van der Waals surface area contributed by atoms with Crippen LogP contribution in [0.2, 0.25) is 0 Å². The third-order valence-electron chi connectivity index (χ3n) is 4.28. The van der Waals surface area contributed by atoms with Gasteiger partial charge in [-0.2, -0.15) is 0 Å². The van der Waals surface area contributed by atoms with Gasteiger partial charge in [-0.1, -0.05) is 6.92 Å². The Kier molecular flexibility index (Phi) is 3.50. The van der Waals surface area contributed by atoms with Gasteiger partial charge in [-0.25, -0.2) is 4.98 Å². The predicted octanol–water partition coefficient (Wildman–Crippen LogP) is 2.66. The predicted molar refractivity (Wildman–Crippen MR) is 81.1 cm³/mol. The Morgan fingerprint density at radius 3 is 3.00 bits per heavy atom. The molecule has 0 aliphatic heterocycles. The average molecular weight is 278 g/mol. The summed E-state index contributed by atoms with van der Waals surface area (Å²) in [7, 11) is 2.18. The molecule has 0 radical (unpaired) electrons. The summed E-state index contributed by atoms with van der Waals surface area (Å²) in [5, 5.41) is 2.09. The topological polar surface area (TPSA) is 46.6 Å². The highest BCUT2D eigenvalue weighted by Crippen LogP contribution is 2.32. The van der Waals surface area contributed by atoms with Crippen LogP contribution in [-0.2, 0) is 6.42 Å². The summed E-state index contributed by atoms with van der Waals surface area (Å²) < 4.78 is 2.21. The lowest BCUT2D eigenvalue weighted by Crippen LogP contribution is -2.38. The summed E-state index contributed by atoms with van der Waals surface area (Å²) >= 11 is 1.70. The fourth-order valence-corrected chi connectivity index (χ4v) is 3.36. The summed E-state index contributed by atoms with van der Waals surface area (Å²) in [5.74, 6) is 1.14. The van der Waals surface area contributed by atoms with Crippen molar-refractivity contribution in [2.75, 3.05) is 11.9 Å². The van der Waals surface area contributed by atoms with Crippen LogP contribution in [0.1, 0.15) is 38.3 Å². The second-order valence-corrected chi connectivity index (χ2v) is 6.38. The van der Waals surface area contributed by atoms with Gasteiger partial charge in [-0.3, -0.25) is 4.40 Å². The molecule has 1 atom stereocenters. The molecule has 2 heterocycles. The lowest BCUT2D eigenvalue weighted by molar-refractivity contribution is 0.398. The second-order valence-electron chi connectivity index (χ2n) is 5.51. The molecular weight excluding hydrogens is 256 g/mol. The van der Waals surface area contributed by atoms with Gasteiger partial charge in [0, 0.05) is 37.1 Å². The summed E-state index contributed by atoms with van der Waals surface area (Å²) in [6.07, 6.45) is 7.95. The molecule has 104 valence electrons. The number of hydrogen-bond acceptors (Lipinski definition) is 4. The van der Waals surface area contributed by atoms with E-state index in [0.717, 1.165) is 23.6 Å². The van der Waals surface area contributed by atoms with Crippen molar-refractivity contribution in [1.82, 2.24) is 9.38 Å². The molecule has 0 spiro atoms. The van der Waals surface area contributed by atoms with E-state index in [-0.39, 0.29) is 6.04 Å². The second kappa shape index (κ2) is 5.13. The molecule has 1 aliphatic rings. The maximum atomic E-state index is 6.16. The first-order valence-corrected chi connectivity index (χ1v) is 8.01. The van der Waals surface area contributed by atoms with Crippen LogP contribution in [0, 0.1) is 0 Å². The molecule has 2 aromatic rings. The van der Waals surface area contributed by atoms with E-state index in [4.69, 9.17) is 10.7 Å². The van der Waals surface area contributed by atoms with Crippen LogP contribution in [-0.4, -0.2) is 28.5 Å². The van der Waals surface area contributed by atoms with Gasteiger partial charge in [0.25, 0.3) is 0 Å². The lowest BCUT2D eigenvalue weighted by atomic mass is 9.92. The molecule has 19 heavy (non-hydrogen) atoms. The molecule has 5 heteroatoms. The van der Waals surface area contributed by atoms with E-state index in [1.54, 1.807) is 11.3 Å². The highest BCUT2D eigenvalue weighted by Gasteiger charge is 2.27. The van der Waals surface area contributed by atoms with Gasteiger partial charge in [0.15, 0.2) is 10.8 Å². The van der Waals surface area contributed by atoms with E-state index in [2.05, 4.69) is 34.8 Å². The van der Waals surface area contributed by atoms with Crippen LogP contribution in [0.5, 0.6) is 0 Å². The van der Waals surface area contributed by atoms with Crippen molar-refractivity contribution in [2.45, 2.75) is 51.1 Å². The SMILES string of the molecule is CCC(N)Cc1c(N(C)C2CCC2)nc2sccn12. The summed E-state index contributed by atoms with van der Waals surface area (Å²) in [5.41, 5.74) is 7.44. The number of hydrogen-bond donors (Lipinski definition) is 1. The van der Waals surface area contributed by atoms with Gasteiger partial charge in [0.05, 0.1) is 5.69 Å². The van der Waals surface area contributed by atoms with Crippen molar-refractivity contribution in [3.05, 3.63) is 17.3 Å².